The Kier molecular flexibility index (Phi) is 13.9. The molecule has 0 amide bonds. The molecular formula is C26H21N5O13S3. The Bertz CT molecular complexity index is 1860. The summed E-state index contributed by atoms with van der Waals surface area (Å²) in [7, 11) is -4.76. The van der Waals surface area contributed by atoms with E-state index in [2.05, 4.69) is 29.0 Å². The summed E-state index contributed by atoms with van der Waals surface area (Å²) in [6.07, 6.45) is 2.54. The first kappa shape index (κ1) is 36.7. The summed E-state index contributed by atoms with van der Waals surface area (Å²) >= 11 is 1.33. The lowest BCUT2D eigenvalue weighted by molar-refractivity contribution is -0.432. The van der Waals surface area contributed by atoms with Crippen LogP contribution in [0.15, 0.2) is 110 Å². The van der Waals surface area contributed by atoms with Crippen molar-refractivity contribution in [2.75, 3.05) is 5.73 Å². The van der Waals surface area contributed by atoms with Gasteiger partial charge in [-0.1, -0.05) is 22.2 Å². The van der Waals surface area contributed by atoms with Crippen LogP contribution in [0, 0.1) is 20.2 Å². The van der Waals surface area contributed by atoms with Crippen LogP contribution < -0.4 is 5.73 Å². The maximum atomic E-state index is 11.5. The number of benzene rings is 4. The Morgan fingerprint density at radius 2 is 1.21 bits per heavy atom. The van der Waals surface area contributed by atoms with Crippen molar-refractivity contribution in [3.63, 3.8) is 0 Å². The van der Waals surface area contributed by atoms with Crippen molar-refractivity contribution in [3.05, 3.63) is 116 Å². The van der Waals surface area contributed by atoms with Crippen LogP contribution in [0.25, 0.3) is 12.2 Å². The smallest absolute Gasteiger partial charge is 0.295 e. The first-order valence-corrected chi connectivity index (χ1v) is 15.2. The molecule has 4 aromatic carbocycles. The molecule has 5 N–H and O–H groups in total. The van der Waals surface area contributed by atoms with E-state index in [9.17, 15) is 33.2 Å². The van der Waals surface area contributed by atoms with Crippen LogP contribution in [0.4, 0.5) is 28.4 Å². The van der Waals surface area contributed by atoms with Crippen LogP contribution in [-0.2, 0) is 28.9 Å². The fourth-order valence-corrected chi connectivity index (χ4v) is 4.92. The summed E-state index contributed by atoms with van der Waals surface area (Å²) in [4.78, 5) is 20.4. The van der Waals surface area contributed by atoms with Gasteiger partial charge in [0.1, 0.15) is 4.90 Å². The Hall–Kier alpha value is -4.81. The molecule has 4 rings (SSSR count). The number of anilines is 1. The van der Waals surface area contributed by atoms with Gasteiger partial charge in [0.15, 0.2) is 0 Å². The minimum atomic E-state index is -4.76. The largest absolute Gasteiger partial charge is 0.399 e. The predicted octanol–water partition coefficient (Wildman–Crippen LogP) is 7.46. The molecule has 0 bridgehead atoms. The number of nitro benzene ring substituents is 2. The van der Waals surface area contributed by atoms with Gasteiger partial charge in [0, 0.05) is 34.8 Å². The number of azo groups is 1. The fraction of sp³-hybridized carbons (Fsp3) is 0. The van der Waals surface area contributed by atoms with Crippen molar-refractivity contribution in [1.29, 1.82) is 0 Å². The number of hydrogen-bond donors (Lipinski definition) is 4. The summed E-state index contributed by atoms with van der Waals surface area (Å²) in [6.45, 7) is 0. The Morgan fingerprint density at radius 3 is 1.74 bits per heavy atom. The normalized spacial score (nSPS) is 11.4. The standard InChI is InChI=1S/C14H10N2O10S2.C12H11N3O3S/c17-15(18)11-5-3-9(13(7-11)27-26-25-21)1-2-10-4-6-12(16(19)20)8-14(10)28(22,23)24;13-9-1-3-10(4-2-9)14-15-11-5-7-12(8-6-11)19-18-17-16/h1-8,21H,(H,22,23,24);1-8,16H,13H2. The van der Waals surface area contributed by atoms with Gasteiger partial charge in [-0.05, 0) is 71.8 Å². The van der Waals surface area contributed by atoms with Crippen molar-refractivity contribution in [2.45, 2.75) is 14.7 Å². The zero-order valence-corrected chi connectivity index (χ0v) is 25.7. The first-order valence-electron chi connectivity index (χ1n) is 12.3. The van der Waals surface area contributed by atoms with Gasteiger partial charge in [-0.15, -0.1) is 8.67 Å². The molecule has 18 nitrogen and oxygen atoms in total. The van der Waals surface area contributed by atoms with Gasteiger partial charge in [0.2, 0.25) is 0 Å². The van der Waals surface area contributed by atoms with Crippen LogP contribution in [-0.4, -0.2) is 33.3 Å². The van der Waals surface area contributed by atoms with Gasteiger partial charge in [-0.2, -0.15) is 18.6 Å². The average Bonchev–Trinajstić information content (AvgIpc) is 3.05. The maximum Gasteiger partial charge on any atom is 0.295 e. The highest BCUT2D eigenvalue weighted by Gasteiger charge is 2.19. The lowest BCUT2D eigenvalue weighted by atomic mass is 10.1. The van der Waals surface area contributed by atoms with Crippen LogP contribution in [0.3, 0.4) is 0 Å². The predicted molar refractivity (Wildman–Crippen MR) is 168 cm³/mol. The third-order valence-corrected chi connectivity index (χ3v) is 7.63. The molecule has 0 aliphatic carbocycles. The first-order chi connectivity index (χ1) is 22.4. The van der Waals surface area contributed by atoms with E-state index in [-0.39, 0.29) is 16.1 Å². The quantitative estimate of drug-likeness (QED) is 0.0153. The van der Waals surface area contributed by atoms with Crippen molar-refractivity contribution < 1.29 is 52.1 Å². The zero-order valence-electron chi connectivity index (χ0n) is 23.3. The van der Waals surface area contributed by atoms with Crippen molar-refractivity contribution in [1.82, 2.24) is 0 Å². The lowest BCUT2D eigenvalue weighted by Crippen LogP contribution is -2.02. The number of nitrogens with two attached hydrogens (primary N) is 1. The topological polar surface area (TPSA) is 269 Å². The molecule has 0 aromatic heterocycles. The molecule has 47 heavy (non-hydrogen) atoms. The van der Waals surface area contributed by atoms with E-state index in [1.165, 1.54) is 24.3 Å². The van der Waals surface area contributed by atoms with Gasteiger partial charge >= 0.3 is 0 Å². The second-order valence-corrected chi connectivity index (χ2v) is 11.4. The maximum absolute atomic E-state index is 11.5. The van der Waals surface area contributed by atoms with Crippen molar-refractivity contribution in [2.24, 2.45) is 10.2 Å². The minimum Gasteiger partial charge on any atom is -0.399 e. The van der Waals surface area contributed by atoms with E-state index in [4.69, 9.17) is 16.2 Å². The van der Waals surface area contributed by atoms with Crippen LogP contribution in [0.2, 0.25) is 0 Å². The number of non-ortho nitro benzene ring substituents is 2. The highest BCUT2D eigenvalue weighted by atomic mass is 32.2. The van der Waals surface area contributed by atoms with E-state index in [1.807, 2.05) is 0 Å². The van der Waals surface area contributed by atoms with Crippen LogP contribution in [0.5, 0.6) is 0 Å². The molecule has 0 spiro atoms. The summed E-state index contributed by atoms with van der Waals surface area (Å²) in [5.41, 5.74) is 7.10. The van der Waals surface area contributed by atoms with Gasteiger partial charge in [-0.3, -0.25) is 24.8 Å². The fourth-order valence-electron chi connectivity index (χ4n) is 3.35. The van der Waals surface area contributed by atoms with Gasteiger partial charge in [0.05, 0.1) is 50.2 Å². The van der Waals surface area contributed by atoms with Crippen molar-refractivity contribution in [3.8, 4) is 0 Å². The highest BCUT2D eigenvalue weighted by Crippen LogP contribution is 2.31. The summed E-state index contributed by atoms with van der Waals surface area (Å²) in [6, 6.07) is 20.6. The second kappa shape index (κ2) is 17.8. The van der Waals surface area contributed by atoms with Gasteiger partial charge in [0.25, 0.3) is 21.5 Å². The van der Waals surface area contributed by atoms with Gasteiger partial charge in [-0.25, -0.2) is 10.5 Å². The third-order valence-electron chi connectivity index (χ3n) is 5.46. The molecule has 0 saturated carbocycles. The van der Waals surface area contributed by atoms with Crippen LogP contribution in [0.1, 0.15) is 11.1 Å². The van der Waals surface area contributed by atoms with E-state index >= 15 is 0 Å². The van der Waals surface area contributed by atoms with Gasteiger partial charge < -0.3 is 5.73 Å². The summed E-state index contributed by atoms with van der Waals surface area (Å²) < 4.78 is 40.9. The van der Waals surface area contributed by atoms with E-state index < -0.39 is 30.5 Å². The summed E-state index contributed by atoms with van der Waals surface area (Å²) in [5.74, 6) is 0. The zero-order chi connectivity index (χ0) is 34.4. The molecule has 0 fully saturated rings. The third kappa shape index (κ3) is 11.8. The van der Waals surface area contributed by atoms with Crippen molar-refractivity contribution >= 4 is 74.8 Å². The monoisotopic (exact) mass is 707 g/mol. The molecule has 0 aliphatic rings. The Balaban J connectivity index is 0.000000274. The van der Waals surface area contributed by atoms with E-state index in [0.717, 1.165) is 40.8 Å². The molecule has 0 atom stereocenters. The second-order valence-electron chi connectivity index (χ2n) is 8.50. The Morgan fingerprint density at radius 1 is 0.723 bits per heavy atom. The Labute approximate surface area is 273 Å². The molecule has 0 heterocycles. The highest BCUT2D eigenvalue weighted by molar-refractivity contribution is 7.94. The number of rotatable bonds is 13. The molecule has 0 unspecified atom stereocenters. The van der Waals surface area contributed by atoms with Crippen LogP contribution >= 0.6 is 24.1 Å². The molecule has 4 aromatic rings. The molecule has 0 saturated heterocycles. The SMILES string of the molecule is Nc1ccc(N=Nc2ccc(SOOO)cc2)cc1.O=[N+]([O-])c1ccc(C=Cc2ccc([N+](=O)[O-])cc2S(=O)(=O)O)c(SOOO)c1. The van der Waals surface area contributed by atoms with E-state index in [1.54, 1.807) is 48.5 Å². The molecular weight excluding hydrogens is 687 g/mol. The molecule has 0 aliphatic heterocycles. The number of nitrogen functional groups attached to an aromatic ring is 1. The summed E-state index contributed by atoms with van der Waals surface area (Å²) in [5, 5.41) is 53.1. The number of nitrogens with zero attached hydrogens (tertiary/aromatic N) is 4. The molecule has 0 radical (unpaired) electrons. The number of nitro groups is 2. The van der Waals surface area contributed by atoms with E-state index in [0.29, 0.717) is 35.0 Å². The minimum absolute atomic E-state index is 0.0678. The number of hydrogen-bond acceptors (Lipinski definition) is 17. The molecule has 21 heteroatoms. The average molecular weight is 708 g/mol. The lowest BCUT2D eigenvalue weighted by Gasteiger charge is -2.05. The molecule has 246 valence electrons.